The van der Waals surface area contributed by atoms with Crippen LogP contribution in [0.4, 0.5) is 10.5 Å². The molecule has 0 aliphatic heterocycles. The molecule has 2 rings (SSSR count). The summed E-state index contributed by atoms with van der Waals surface area (Å²) in [4.78, 5) is 11.8. The first-order valence-corrected chi connectivity index (χ1v) is 6.86. The minimum absolute atomic E-state index is 0.176. The van der Waals surface area contributed by atoms with Gasteiger partial charge >= 0.3 is 6.09 Å². The number of carbonyl (C=O) groups is 1. The van der Waals surface area contributed by atoms with Crippen molar-refractivity contribution in [2.75, 3.05) is 12.4 Å². The highest BCUT2D eigenvalue weighted by atomic mass is 35.5. The van der Waals surface area contributed by atoms with Gasteiger partial charge in [-0.2, -0.15) is 0 Å². The number of nitrogens with one attached hydrogen (secondary N) is 1. The molecule has 1 amide bonds. The van der Waals surface area contributed by atoms with E-state index in [0.717, 1.165) is 5.56 Å². The second-order valence-corrected chi connectivity index (χ2v) is 4.97. The zero-order valence-corrected chi connectivity index (χ0v) is 12.7. The topological polar surface area (TPSA) is 47.6 Å². The number of carbonyl (C=O) groups excluding carboxylic acids is 1. The average Bonchev–Trinajstić information content (AvgIpc) is 2.49. The molecule has 0 saturated carbocycles. The number of benzene rings is 2. The molecule has 4 nitrogen and oxygen atoms in total. The van der Waals surface area contributed by atoms with Crippen LogP contribution in [0.3, 0.4) is 0 Å². The third-order valence-corrected chi connectivity index (χ3v) is 3.30. The number of hydrogen-bond donors (Lipinski definition) is 1. The van der Waals surface area contributed by atoms with Crippen LogP contribution in [-0.2, 0) is 11.3 Å². The Morgan fingerprint density at radius 2 is 1.86 bits per heavy atom. The van der Waals surface area contributed by atoms with Gasteiger partial charge in [0.25, 0.3) is 0 Å². The Kier molecular flexibility index (Phi) is 5.31. The molecule has 0 atom stereocenters. The number of amides is 1. The van der Waals surface area contributed by atoms with Crippen LogP contribution in [0.25, 0.3) is 0 Å². The Labute approximate surface area is 132 Å². The molecule has 1 N–H and O–H groups in total. The summed E-state index contributed by atoms with van der Waals surface area (Å²) in [6, 6.07) is 12.4. The van der Waals surface area contributed by atoms with Crippen LogP contribution in [0.1, 0.15) is 5.56 Å². The Hall–Kier alpha value is -1.91. The predicted molar refractivity (Wildman–Crippen MR) is 83.3 cm³/mol. The molecule has 0 bridgehead atoms. The van der Waals surface area contributed by atoms with Crippen LogP contribution in [0.15, 0.2) is 42.5 Å². The molecule has 6 heteroatoms. The predicted octanol–water partition coefficient (Wildman–Crippen LogP) is 4.75. The van der Waals surface area contributed by atoms with E-state index >= 15 is 0 Å². The van der Waals surface area contributed by atoms with Gasteiger partial charge in [-0.15, -0.1) is 0 Å². The van der Waals surface area contributed by atoms with E-state index in [0.29, 0.717) is 21.5 Å². The molecule has 2 aromatic carbocycles. The molecule has 0 saturated heterocycles. The highest BCUT2D eigenvalue weighted by molar-refractivity contribution is 6.37. The zero-order chi connectivity index (χ0) is 15.2. The van der Waals surface area contributed by atoms with Crippen molar-refractivity contribution < 1.29 is 14.3 Å². The molecule has 2 aromatic rings. The minimum atomic E-state index is -0.606. The Morgan fingerprint density at radius 1 is 1.14 bits per heavy atom. The van der Waals surface area contributed by atoms with E-state index in [-0.39, 0.29) is 6.61 Å². The maximum Gasteiger partial charge on any atom is 0.412 e. The second kappa shape index (κ2) is 7.20. The van der Waals surface area contributed by atoms with E-state index in [4.69, 9.17) is 32.7 Å². The van der Waals surface area contributed by atoms with E-state index in [9.17, 15) is 4.79 Å². The SMILES string of the molecule is COc1cc(NC(=O)OCc2ccccc2)c(Cl)cc1Cl. The van der Waals surface area contributed by atoms with Gasteiger partial charge in [-0.25, -0.2) is 4.79 Å². The van der Waals surface area contributed by atoms with Crippen LogP contribution in [0.5, 0.6) is 5.75 Å². The molecule has 0 aromatic heterocycles. The van der Waals surface area contributed by atoms with Crippen molar-refractivity contribution in [3.63, 3.8) is 0 Å². The lowest BCUT2D eigenvalue weighted by Gasteiger charge is -2.11. The quantitative estimate of drug-likeness (QED) is 0.882. The van der Waals surface area contributed by atoms with E-state index in [1.807, 2.05) is 30.3 Å². The number of methoxy groups -OCH3 is 1. The zero-order valence-electron chi connectivity index (χ0n) is 11.2. The van der Waals surface area contributed by atoms with Crippen LogP contribution in [0, 0.1) is 0 Å². The van der Waals surface area contributed by atoms with Crippen LogP contribution >= 0.6 is 23.2 Å². The van der Waals surface area contributed by atoms with Gasteiger partial charge in [-0.3, -0.25) is 5.32 Å². The first kappa shape index (κ1) is 15.5. The summed E-state index contributed by atoms with van der Waals surface area (Å²) in [7, 11) is 1.48. The summed E-state index contributed by atoms with van der Waals surface area (Å²) in [6.07, 6.45) is -0.606. The van der Waals surface area contributed by atoms with Crippen molar-refractivity contribution in [3.8, 4) is 5.75 Å². The average molecular weight is 326 g/mol. The fourth-order valence-electron chi connectivity index (χ4n) is 1.65. The molecular formula is C15H13Cl2NO3. The third-order valence-electron chi connectivity index (χ3n) is 2.69. The van der Waals surface area contributed by atoms with Gasteiger partial charge in [0.2, 0.25) is 0 Å². The summed E-state index contributed by atoms with van der Waals surface area (Å²) in [5.41, 5.74) is 1.27. The summed E-state index contributed by atoms with van der Waals surface area (Å²) in [5, 5.41) is 3.22. The lowest BCUT2D eigenvalue weighted by molar-refractivity contribution is 0.155. The highest BCUT2D eigenvalue weighted by Crippen LogP contribution is 2.34. The molecule has 0 aliphatic carbocycles. The maximum absolute atomic E-state index is 11.8. The number of rotatable bonds is 4. The smallest absolute Gasteiger partial charge is 0.412 e. The molecule has 0 heterocycles. The monoisotopic (exact) mass is 325 g/mol. The van der Waals surface area contributed by atoms with Gasteiger partial charge in [0.1, 0.15) is 12.4 Å². The first-order valence-electron chi connectivity index (χ1n) is 6.11. The Bertz CT molecular complexity index is 632. The minimum Gasteiger partial charge on any atom is -0.495 e. The normalized spacial score (nSPS) is 10.0. The van der Waals surface area contributed by atoms with Gasteiger partial charge in [-0.05, 0) is 11.6 Å². The second-order valence-electron chi connectivity index (χ2n) is 4.15. The number of hydrogen-bond acceptors (Lipinski definition) is 3. The van der Waals surface area contributed by atoms with Crippen molar-refractivity contribution in [2.24, 2.45) is 0 Å². The number of anilines is 1. The van der Waals surface area contributed by atoms with Crippen LogP contribution < -0.4 is 10.1 Å². The van der Waals surface area contributed by atoms with Crippen LogP contribution in [-0.4, -0.2) is 13.2 Å². The van der Waals surface area contributed by atoms with Crippen LogP contribution in [0.2, 0.25) is 10.0 Å². The molecule has 0 fully saturated rings. The lowest BCUT2D eigenvalue weighted by Crippen LogP contribution is -2.14. The van der Waals surface area contributed by atoms with Crippen molar-refractivity contribution >= 4 is 35.0 Å². The van der Waals surface area contributed by atoms with Crippen molar-refractivity contribution in [1.82, 2.24) is 0 Å². The molecule has 21 heavy (non-hydrogen) atoms. The standard InChI is InChI=1S/C15H13Cl2NO3/c1-20-14-8-13(11(16)7-12(14)17)18-15(19)21-9-10-5-3-2-4-6-10/h2-8H,9H2,1H3,(H,18,19). The van der Waals surface area contributed by atoms with E-state index in [1.54, 1.807) is 0 Å². The van der Waals surface area contributed by atoms with E-state index in [1.165, 1.54) is 19.2 Å². The van der Waals surface area contributed by atoms with Gasteiger partial charge in [-0.1, -0.05) is 53.5 Å². The Morgan fingerprint density at radius 3 is 2.52 bits per heavy atom. The Balaban J connectivity index is 1.99. The number of halogens is 2. The summed E-state index contributed by atoms with van der Waals surface area (Å²) < 4.78 is 10.2. The van der Waals surface area contributed by atoms with Crippen molar-refractivity contribution in [2.45, 2.75) is 6.61 Å². The summed E-state index contributed by atoms with van der Waals surface area (Å²) in [5.74, 6) is 0.416. The van der Waals surface area contributed by atoms with Crippen molar-refractivity contribution in [1.29, 1.82) is 0 Å². The van der Waals surface area contributed by atoms with Gasteiger partial charge in [0.05, 0.1) is 22.8 Å². The van der Waals surface area contributed by atoms with E-state index in [2.05, 4.69) is 5.32 Å². The lowest BCUT2D eigenvalue weighted by atomic mass is 10.2. The van der Waals surface area contributed by atoms with Gasteiger partial charge in [0.15, 0.2) is 0 Å². The van der Waals surface area contributed by atoms with Gasteiger partial charge in [0, 0.05) is 6.07 Å². The third kappa shape index (κ3) is 4.28. The molecule has 0 radical (unpaired) electrons. The highest BCUT2D eigenvalue weighted by Gasteiger charge is 2.11. The van der Waals surface area contributed by atoms with E-state index < -0.39 is 6.09 Å². The fourth-order valence-corrected chi connectivity index (χ4v) is 2.16. The molecule has 0 spiro atoms. The van der Waals surface area contributed by atoms with Gasteiger partial charge < -0.3 is 9.47 Å². The molecule has 110 valence electrons. The molecular weight excluding hydrogens is 313 g/mol. The fraction of sp³-hybridized carbons (Fsp3) is 0.133. The maximum atomic E-state index is 11.8. The first-order chi connectivity index (χ1) is 10.1. The largest absolute Gasteiger partial charge is 0.495 e. The molecule has 0 aliphatic rings. The van der Waals surface area contributed by atoms with Crippen molar-refractivity contribution in [3.05, 3.63) is 58.1 Å². The summed E-state index contributed by atoms with van der Waals surface area (Å²) in [6.45, 7) is 0.176. The molecule has 0 unspecified atom stereocenters. The summed E-state index contributed by atoms with van der Waals surface area (Å²) >= 11 is 11.9. The number of ether oxygens (including phenoxy) is 2.